The Labute approximate surface area is 315 Å². The molecule has 0 saturated carbocycles. The SMILES string of the molecule is CC1(C)c2ccccc2N(c2ccc(-c3nc4nccnc4nc3-c3ccc(N4c5ccccc5C(C)(C)c5ccccc54)cc3)cc2)c2ccccc21. The molecule has 8 aromatic rings. The van der Waals surface area contributed by atoms with E-state index in [0.29, 0.717) is 11.3 Å². The Kier molecular flexibility index (Phi) is 7.08. The molecule has 0 radical (unpaired) electrons. The van der Waals surface area contributed by atoms with Crippen LogP contribution >= 0.6 is 0 Å². The van der Waals surface area contributed by atoms with Crippen LogP contribution in [-0.4, -0.2) is 19.9 Å². The minimum absolute atomic E-state index is 0.118. The first-order chi connectivity index (χ1) is 26.3. The molecule has 2 aromatic heterocycles. The van der Waals surface area contributed by atoms with E-state index < -0.39 is 0 Å². The normalized spacial score (nSPS) is 14.9. The van der Waals surface area contributed by atoms with Gasteiger partial charge in [-0.15, -0.1) is 0 Å². The molecule has 10 rings (SSSR count). The Morgan fingerprint density at radius 2 is 0.667 bits per heavy atom. The first kappa shape index (κ1) is 32.0. The Morgan fingerprint density at radius 1 is 0.370 bits per heavy atom. The second-order valence-electron chi connectivity index (χ2n) is 15.2. The van der Waals surface area contributed by atoms with Crippen molar-refractivity contribution in [3.8, 4) is 22.5 Å². The molecule has 6 nitrogen and oxygen atoms in total. The molecule has 0 fully saturated rings. The van der Waals surface area contributed by atoms with Gasteiger partial charge in [-0.05, 0) is 70.8 Å². The second-order valence-corrected chi connectivity index (χ2v) is 15.2. The number of para-hydroxylation sites is 4. The average molecular weight is 699 g/mol. The molecule has 260 valence electrons. The van der Waals surface area contributed by atoms with E-state index in [9.17, 15) is 0 Å². The van der Waals surface area contributed by atoms with E-state index in [0.717, 1.165) is 33.9 Å². The van der Waals surface area contributed by atoms with Gasteiger partial charge in [-0.25, -0.2) is 19.9 Å². The summed E-state index contributed by atoms with van der Waals surface area (Å²) in [4.78, 5) is 24.0. The van der Waals surface area contributed by atoms with Gasteiger partial charge in [0.15, 0.2) is 11.3 Å². The lowest BCUT2D eigenvalue weighted by Crippen LogP contribution is -2.30. The third-order valence-corrected chi connectivity index (χ3v) is 11.4. The number of benzene rings is 6. The van der Waals surface area contributed by atoms with Crippen molar-refractivity contribution in [1.29, 1.82) is 0 Å². The van der Waals surface area contributed by atoms with E-state index in [-0.39, 0.29) is 10.8 Å². The van der Waals surface area contributed by atoms with Gasteiger partial charge in [-0.2, -0.15) is 0 Å². The van der Waals surface area contributed by atoms with Crippen molar-refractivity contribution in [2.75, 3.05) is 9.80 Å². The zero-order valence-electron chi connectivity index (χ0n) is 30.7. The molecule has 2 aliphatic rings. The molecule has 0 unspecified atom stereocenters. The summed E-state index contributed by atoms with van der Waals surface area (Å²) >= 11 is 0. The molecule has 6 aromatic carbocycles. The fourth-order valence-electron chi connectivity index (χ4n) is 8.63. The monoisotopic (exact) mass is 698 g/mol. The summed E-state index contributed by atoms with van der Waals surface area (Å²) in [6, 6.07) is 52.2. The molecule has 54 heavy (non-hydrogen) atoms. The van der Waals surface area contributed by atoms with Crippen LogP contribution in [0.4, 0.5) is 34.1 Å². The highest BCUT2D eigenvalue weighted by Crippen LogP contribution is 2.53. The van der Waals surface area contributed by atoms with E-state index in [2.05, 4.69) is 193 Å². The van der Waals surface area contributed by atoms with Gasteiger partial charge in [0.1, 0.15) is 0 Å². The predicted octanol–water partition coefficient (Wildman–Crippen LogP) is 12.0. The van der Waals surface area contributed by atoms with Crippen LogP contribution in [0.15, 0.2) is 158 Å². The maximum atomic E-state index is 5.08. The fourth-order valence-corrected chi connectivity index (χ4v) is 8.63. The van der Waals surface area contributed by atoms with Crippen LogP contribution < -0.4 is 9.80 Å². The molecule has 0 atom stereocenters. The topological polar surface area (TPSA) is 58.0 Å². The molecule has 4 heterocycles. The van der Waals surface area contributed by atoms with Crippen LogP contribution in [0.5, 0.6) is 0 Å². The first-order valence-electron chi connectivity index (χ1n) is 18.5. The number of anilines is 6. The van der Waals surface area contributed by atoms with Gasteiger partial charge < -0.3 is 9.80 Å². The van der Waals surface area contributed by atoms with Crippen LogP contribution in [0.3, 0.4) is 0 Å². The van der Waals surface area contributed by atoms with Gasteiger partial charge in [0.05, 0.1) is 34.1 Å². The fraction of sp³-hybridized carbons (Fsp3) is 0.125. The number of hydrogen-bond acceptors (Lipinski definition) is 6. The summed E-state index contributed by atoms with van der Waals surface area (Å²) < 4.78 is 0. The van der Waals surface area contributed by atoms with Gasteiger partial charge in [0.25, 0.3) is 0 Å². The van der Waals surface area contributed by atoms with Crippen LogP contribution in [-0.2, 0) is 10.8 Å². The van der Waals surface area contributed by atoms with Crippen molar-refractivity contribution in [3.63, 3.8) is 0 Å². The molecule has 0 aliphatic carbocycles. The number of nitrogens with zero attached hydrogens (tertiary/aromatic N) is 6. The van der Waals surface area contributed by atoms with Crippen molar-refractivity contribution in [2.45, 2.75) is 38.5 Å². The van der Waals surface area contributed by atoms with Crippen molar-refractivity contribution in [1.82, 2.24) is 19.9 Å². The quantitative estimate of drug-likeness (QED) is 0.182. The minimum atomic E-state index is -0.118. The highest BCUT2D eigenvalue weighted by Gasteiger charge is 2.38. The highest BCUT2D eigenvalue weighted by atomic mass is 15.2. The lowest BCUT2D eigenvalue weighted by atomic mass is 9.73. The van der Waals surface area contributed by atoms with Crippen molar-refractivity contribution < 1.29 is 0 Å². The summed E-state index contributed by atoms with van der Waals surface area (Å²) in [6.45, 7) is 9.24. The highest BCUT2D eigenvalue weighted by molar-refractivity contribution is 5.90. The average Bonchev–Trinajstić information content (AvgIpc) is 3.21. The van der Waals surface area contributed by atoms with Crippen LogP contribution in [0.1, 0.15) is 49.9 Å². The Bertz CT molecular complexity index is 2440. The first-order valence-corrected chi connectivity index (χ1v) is 18.5. The number of rotatable bonds is 4. The van der Waals surface area contributed by atoms with Crippen LogP contribution in [0, 0.1) is 0 Å². The lowest BCUT2D eigenvalue weighted by molar-refractivity contribution is 0.632. The zero-order chi connectivity index (χ0) is 36.6. The molecular weight excluding hydrogens is 661 g/mol. The molecule has 0 bridgehead atoms. The van der Waals surface area contributed by atoms with Crippen molar-refractivity contribution in [2.24, 2.45) is 0 Å². The molecule has 2 aliphatic heterocycles. The van der Waals surface area contributed by atoms with Crippen molar-refractivity contribution >= 4 is 45.4 Å². The smallest absolute Gasteiger partial charge is 0.198 e. The van der Waals surface area contributed by atoms with E-state index in [1.807, 2.05) is 0 Å². The van der Waals surface area contributed by atoms with Crippen LogP contribution in [0.25, 0.3) is 33.8 Å². The number of hydrogen-bond donors (Lipinski definition) is 0. The summed E-state index contributed by atoms with van der Waals surface area (Å²) in [5, 5.41) is 0. The summed E-state index contributed by atoms with van der Waals surface area (Å²) in [7, 11) is 0. The third-order valence-electron chi connectivity index (χ3n) is 11.4. The van der Waals surface area contributed by atoms with E-state index in [1.165, 1.54) is 45.0 Å². The van der Waals surface area contributed by atoms with Gasteiger partial charge in [0.2, 0.25) is 0 Å². The zero-order valence-corrected chi connectivity index (χ0v) is 30.7. The molecule has 0 saturated heterocycles. The molecule has 0 amide bonds. The summed E-state index contributed by atoms with van der Waals surface area (Å²) in [5.41, 5.74) is 16.4. The minimum Gasteiger partial charge on any atom is -0.310 e. The van der Waals surface area contributed by atoms with E-state index >= 15 is 0 Å². The van der Waals surface area contributed by atoms with Gasteiger partial charge in [0, 0.05) is 45.7 Å². The number of aromatic nitrogens is 4. The Morgan fingerprint density at radius 3 is 0.981 bits per heavy atom. The third kappa shape index (κ3) is 4.80. The molecule has 6 heteroatoms. The molecular formula is C48H38N6. The maximum Gasteiger partial charge on any atom is 0.198 e. The second kappa shape index (κ2) is 11.9. The Balaban J connectivity index is 1.07. The van der Waals surface area contributed by atoms with Crippen molar-refractivity contribution in [3.05, 3.63) is 180 Å². The van der Waals surface area contributed by atoms with E-state index in [4.69, 9.17) is 9.97 Å². The van der Waals surface area contributed by atoms with Gasteiger partial charge >= 0.3 is 0 Å². The van der Waals surface area contributed by atoms with Crippen LogP contribution in [0.2, 0.25) is 0 Å². The standard InChI is InChI=1S/C48H38N6/c1-47(2)35-13-5-9-17-39(35)53(40-18-10-6-14-36(40)47)33-25-21-31(22-26-33)43-44(52-46-45(51-43)49-29-30-50-46)32-23-27-34(28-24-32)54-41-19-11-7-15-37(41)48(3,4)38-16-8-12-20-42(38)54/h5-30H,1-4H3. The summed E-state index contributed by atoms with van der Waals surface area (Å²) in [5.74, 6) is 0. The molecule has 0 N–H and O–H groups in total. The van der Waals surface area contributed by atoms with E-state index in [1.54, 1.807) is 12.4 Å². The summed E-state index contributed by atoms with van der Waals surface area (Å²) in [6.07, 6.45) is 3.33. The van der Waals surface area contributed by atoms with Gasteiger partial charge in [-0.1, -0.05) is 125 Å². The lowest BCUT2D eigenvalue weighted by Gasteiger charge is -2.42. The maximum absolute atomic E-state index is 5.08. The van der Waals surface area contributed by atoms with Gasteiger partial charge in [-0.3, -0.25) is 0 Å². The molecule has 0 spiro atoms. The predicted molar refractivity (Wildman–Crippen MR) is 220 cm³/mol. The largest absolute Gasteiger partial charge is 0.310 e. The Hall–Kier alpha value is -6.66. The number of fused-ring (bicyclic) bond motifs is 5.